The first-order valence-corrected chi connectivity index (χ1v) is 11.9. The molecule has 0 saturated carbocycles. The molecule has 5 rings (SSSR count). The van der Waals surface area contributed by atoms with Crippen molar-refractivity contribution in [1.82, 2.24) is 25.2 Å². The van der Waals surface area contributed by atoms with Crippen molar-refractivity contribution < 1.29 is 9.53 Å². The normalized spacial score (nSPS) is 18.7. The van der Waals surface area contributed by atoms with Crippen molar-refractivity contribution in [1.29, 1.82) is 0 Å². The zero-order valence-corrected chi connectivity index (χ0v) is 19.3. The van der Waals surface area contributed by atoms with E-state index in [4.69, 9.17) is 4.74 Å². The van der Waals surface area contributed by atoms with Crippen LogP contribution in [-0.4, -0.2) is 58.1 Å². The first-order valence-electron chi connectivity index (χ1n) is 11.9. The molecular weight excluding hydrogens is 430 g/mol. The van der Waals surface area contributed by atoms with E-state index in [1.165, 1.54) is 5.57 Å². The number of aryl methyl sites for hydroxylation is 1. The first-order chi connectivity index (χ1) is 16.6. The van der Waals surface area contributed by atoms with Gasteiger partial charge in [-0.1, -0.05) is 19.1 Å². The summed E-state index contributed by atoms with van der Waals surface area (Å²) in [6.45, 7) is 5.74. The molecule has 0 spiro atoms. The highest BCUT2D eigenvalue weighted by Crippen LogP contribution is 2.23. The lowest BCUT2D eigenvalue weighted by molar-refractivity contribution is 0.0925. The lowest BCUT2D eigenvalue weighted by Crippen LogP contribution is -2.35. The Balaban J connectivity index is 1.21. The van der Waals surface area contributed by atoms with Crippen LogP contribution < -0.4 is 10.9 Å². The summed E-state index contributed by atoms with van der Waals surface area (Å²) in [4.78, 5) is 38.7. The minimum absolute atomic E-state index is 0.0378. The van der Waals surface area contributed by atoms with Gasteiger partial charge in [0.25, 0.3) is 11.5 Å². The molecule has 0 aliphatic carbocycles. The third kappa shape index (κ3) is 4.93. The van der Waals surface area contributed by atoms with Gasteiger partial charge in [-0.2, -0.15) is 0 Å². The number of aromatic amines is 1. The van der Waals surface area contributed by atoms with E-state index >= 15 is 0 Å². The number of fused-ring (bicyclic) bond motifs is 1. The van der Waals surface area contributed by atoms with E-state index in [0.717, 1.165) is 60.2 Å². The summed E-state index contributed by atoms with van der Waals surface area (Å²) in [6.07, 6.45) is 8.35. The van der Waals surface area contributed by atoms with Gasteiger partial charge in [0.2, 0.25) is 0 Å². The number of pyridine rings is 3. The van der Waals surface area contributed by atoms with E-state index < -0.39 is 0 Å². The second kappa shape index (κ2) is 9.87. The van der Waals surface area contributed by atoms with Crippen LogP contribution in [0, 0.1) is 0 Å². The second-order valence-corrected chi connectivity index (χ2v) is 8.93. The van der Waals surface area contributed by atoms with Gasteiger partial charge in [0, 0.05) is 44.2 Å². The molecule has 8 nitrogen and oxygen atoms in total. The molecule has 8 heteroatoms. The molecule has 5 heterocycles. The van der Waals surface area contributed by atoms with Crippen LogP contribution >= 0.6 is 0 Å². The average molecular weight is 460 g/mol. The van der Waals surface area contributed by atoms with Crippen molar-refractivity contribution in [3.63, 3.8) is 0 Å². The van der Waals surface area contributed by atoms with E-state index in [0.29, 0.717) is 25.3 Å². The quantitative estimate of drug-likeness (QED) is 0.588. The fourth-order valence-electron chi connectivity index (χ4n) is 4.52. The predicted octanol–water partition coefficient (Wildman–Crippen LogP) is 2.69. The summed E-state index contributed by atoms with van der Waals surface area (Å²) in [5.74, 6) is -0.151. The molecule has 3 aromatic rings. The number of amides is 1. The number of H-pyrrole nitrogens is 1. The van der Waals surface area contributed by atoms with Crippen molar-refractivity contribution in [3.8, 4) is 0 Å². The number of aromatic nitrogens is 3. The molecule has 1 saturated heterocycles. The number of carbonyl (C=O) groups is 1. The summed E-state index contributed by atoms with van der Waals surface area (Å²) in [6, 6.07) is 7.74. The van der Waals surface area contributed by atoms with Crippen LogP contribution in [0.3, 0.4) is 0 Å². The Labute approximate surface area is 198 Å². The molecule has 1 amide bonds. The SMILES string of the molecule is CCc1cc2ncc(CN3CC=C(c4ccc(C(=O)N[C@H]5CCOC5)nc4)CC3)cc2[nH]c1=O. The maximum atomic E-state index is 12.4. The zero-order valence-electron chi connectivity index (χ0n) is 19.3. The fraction of sp³-hybridized carbons (Fsp3) is 0.385. The van der Waals surface area contributed by atoms with Crippen molar-refractivity contribution in [2.75, 3.05) is 26.3 Å². The molecule has 3 aromatic heterocycles. The third-order valence-electron chi connectivity index (χ3n) is 6.54. The monoisotopic (exact) mass is 459 g/mol. The molecule has 0 bridgehead atoms. The van der Waals surface area contributed by atoms with Crippen molar-refractivity contribution in [3.05, 3.63) is 75.5 Å². The number of hydrogen-bond acceptors (Lipinski definition) is 6. The van der Waals surface area contributed by atoms with E-state index in [1.807, 2.05) is 31.3 Å². The highest BCUT2D eigenvalue weighted by molar-refractivity contribution is 5.92. The number of nitrogens with one attached hydrogen (secondary N) is 2. The second-order valence-electron chi connectivity index (χ2n) is 8.93. The predicted molar refractivity (Wildman–Crippen MR) is 131 cm³/mol. The summed E-state index contributed by atoms with van der Waals surface area (Å²) in [5.41, 5.74) is 6.13. The topological polar surface area (TPSA) is 100 Å². The number of nitrogens with zero attached hydrogens (tertiary/aromatic N) is 3. The van der Waals surface area contributed by atoms with Gasteiger partial charge >= 0.3 is 0 Å². The van der Waals surface area contributed by atoms with Crippen molar-refractivity contribution >= 4 is 22.5 Å². The molecule has 1 atom stereocenters. The minimum atomic E-state index is -0.151. The van der Waals surface area contributed by atoms with Crippen LogP contribution in [0.5, 0.6) is 0 Å². The van der Waals surface area contributed by atoms with E-state index in [-0.39, 0.29) is 17.5 Å². The molecule has 2 aliphatic rings. The van der Waals surface area contributed by atoms with Crippen molar-refractivity contribution in [2.45, 2.75) is 38.8 Å². The molecule has 0 aromatic carbocycles. The Kier molecular flexibility index (Phi) is 6.51. The lowest BCUT2D eigenvalue weighted by Gasteiger charge is -2.26. The third-order valence-corrected chi connectivity index (χ3v) is 6.54. The van der Waals surface area contributed by atoms with Crippen LogP contribution in [0.1, 0.15) is 46.9 Å². The fourth-order valence-corrected chi connectivity index (χ4v) is 4.52. The highest BCUT2D eigenvalue weighted by atomic mass is 16.5. The highest BCUT2D eigenvalue weighted by Gasteiger charge is 2.20. The molecule has 1 fully saturated rings. The molecule has 34 heavy (non-hydrogen) atoms. The molecule has 176 valence electrons. The van der Waals surface area contributed by atoms with Crippen molar-refractivity contribution in [2.24, 2.45) is 0 Å². The Morgan fingerprint density at radius 2 is 2.18 bits per heavy atom. The molecule has 2 aliphatic heterocycles. The lowest BCUT2D eigenvalue weighted by atomic mass is 10.0. The maximum Gasteiger partial charge on any atom is 0.270 e. The Morgan fingerprint density at radius 3 is 2.88 bits per heavy atom. The minimum Gasteiger partial charge on any atom is -0.379 e. The summed E-state index contributed by atoms with van der Waals surface area (Å²) in [7, 11) is 0. The smallest absolute Gasteiger partial charge is 0.270 e. The number of ether oxygens (including phenoxy) is 1. The van der Waals surface area contributed by atoms with E-state index in [2.05, 4.69) is 31.2 Å². The van der Waals surface area contributed by atoms with Gasteiger partial charge < -0.3 is 15.0 Å². The standard InChI is InChI=1S/C26H29N5O3/c1-2-18-12-23-24(30-25(18)32)11-17(13-27-23)15-31-8-5-19(6-9-31)20-3-4-22(28-14-20)26(33)29-21-7-10-34-16-21/h3-5,11-14,21H,2,6-10,15-16H2,1H3,(H,29,33)(H,30,32)/t21-/m0/s1. The number of rotatable bonds is 6. The Hall–Kier alpha value is -3.36. The van der Waals surface area contributed by atoms with E-state index in [9.17, 15) is 9.59 Å². The Morgan fingerprint density at radius 1 is 1.26 bits per heavy atom. The molecule has 2 N–H and O–H groups in total. The van der Waals surface area contributed by atoms with Crippen LogP contribution in [-0.2, 0) is 17.7 Å². The number of hydrogen-bond donors (Lipinski definition) is 2. The summed E-state index contributed by atoms with van der Waals surface area (Å²) in [5, 5.41) is 2.97. The van der Waals surface area contributed by atoms with Crippen LogP contribution in [0.15, 0.2) is 47.5 Å². The van der Waals surface area contributed by atoms with Gasteiger partial charge in [-0.25, -0.2) is 0 Å². The van der Waals surface area contributed by atoms with E-state index in [1.54, 1.807) is 12.3 Å². The zero-order chi connectivity index (χ0) is 23.5. The van der Waals surface area contributed by atoms with Crippen LogP contribution in [0.2, 0.25) is 0 Å². The van der Waals surface area contributed by atoms with Gasteiger partial charge in [0.1, 0.15) is 5.69 Å². The Bertz CT molecular complexity index is 1280. The van der Waals surface area contributed by atoms with Gasteiger partial charge in [0.05, 0.1) is 23.7 Å². The largest absolute Gasteiger partial charge is 0.379 e. The van der Waals surface area contributed by atoms with Gasteiger partial charge in [-0.05, 0) is 54.2 Å². The first kappa shape index (κ1) is 22.4. The van der Waals surface area contributed by atoms with Gasteiger partial charge in [-0.3, -0.25) is 24.5 Å². The maximum absolute atomic E-state index is 12.4. The molecule has 0 radical (unpaired) electrons. The van der Waals surface area contributed by atoms with Crippen LogP contribution in [0.25, 0.3) is 16.6 Å². The average Bonchev–Trinajstić information content (AvgIpc) is 3.37. The number of carbonyl (C=O) groups excluding carboxylic acids is 1. The van der Waals surface area contributed by atoms with Crippen LogP contribution in [0.4, 0.5) is 0 Å². The van der Waals surface area contributed by atoms with Gasteiger partial charge in [0.15, 0.2) is 0 Å². The van der Waals surface area contributed by atoms with Gasteiger partial charge in [-0.15, -0.1) is 0 Å². The molecule has 0 unspecified atom stereocenters. The summed E-state index contributed by atoms with van der Waals surface area (Å²) >= 11 is 0. The summed E-state index contributed by atoms with van der Waals surface area (Å²) < 4.78 is 5.31. The molecular formula is C26H29N5O3.